The SMILES string of the molecule is CC1(C)c2ccccc2-c2ccc(N(c3ccc(-c4ccccc4)cc3)c3cc(-c4ccc5ccccc5c4)cc4c3oc3c5ccccc5c(-c5ccccc5)cc43)cc21. The minimum Gasteiger partial charge on any atom is -0.453 e. The lowest BCUT2D eigenvalue weighted by Crippen LogP contribution is -2.16. The van der Waals surface area contributed by atoms with Gasteiger partial charge in [-0.2, -0.15) is 0 Å². The monoisotopic (exact) mass is 779 g/mol. The van der Waals surface area contributed by atoms with Gasteiger partial charge in [-0.15, -0.1) is 0 Å². The highest BCUT2D eigenvalue weighted by atomic mass is 16.3. The van der Waals surface area contributed by atoms with E-state index < -0.39 is 0 Å². The second-order valence-electron chi connectivity index (χ2n) is 16.9. The van der Waals surface area contributed by atoms with E-state index in [1.807, 2.05) is 0 Å². The molecule has 12 rings (SSSR count). The largest absolute Gasteiger partial charge is 0.453 e. The third-order valence-corrected chi connectivity index (χ3v) is 13.0. The Morgan fingerprint density at radius 3 is 1.75 bits per heavy atom. The number of anilines is 3. The van der Waals surface area contributed by atoms with Gasteiger partial charge in [0.2, 0.25) is 0 Å². The lowest BCUT2D eigenvalue weighted by Gasteiger charge is -2.28. The topological polar surface area (TPSA) is 16.4 Å². The van der Waals surface area contributed by atoms with Crippen LogP contribution in [-0.2, 0) is 5.41 Å². The molecule has 0 amide bonds. The molecule has 61 heavy (non-hydrogen) atoms. The van der Waals surface area contributed by atoms with Crippen molar-refractivity contribution in [2.75, 3.05) is 4.90 Å². The van der Waals surface area contributed by atoms with E-state index in [-0.39, 0.29) is 5.41 Å². The van der Waals surface area contributed by atoms with Gasteiger partial charge >= 0.3 is 0 Å². The Balaban J connectivity index is 1.17. The molecule has 0 fully saturated rings. The van der Waals surface area contributed by atoms with E-state index >= 15 is 0 Å². The zero-order chi connectivity index (χ0) is 40.7. The van der Waals surface area contributed by atoms with Crippen LogP contribution in [0.3, 0.4) is 0 Å². The maximum absolute atomic E-state index is 7.31. The number of hydrogen-bond acceptors (Lipinski definition) is 2. The summed E-state index contributed by atoms with van der Waals surface area (Å²) in [4.78, 5) is 2.42. The minimum absolute atomic E-state index is 0.168. The second-order valence-corrected chi connectivity index (χ2v) is 16.9. The molecule has 0 saturated heterocycles. The van der Waals surface area contributed by atoms with Crippen molar-refractivity contribution in [3.05, 3.63) is 223 Å². The first-order chi connectivity index (χ1) is 30.0. The zero-order valence-corrected chi connectivity index (χ0v) is 34.1. The molecule has 0 aliphatic heterocycles. The fourth-order valence-electron chi connectivity index (χ4n) is 9.93. The van der Waals surface area contributed by atoms with Crippen LogP contribution in [0.25, 0.3) is 88.0 Å². The number of benzene rings is 10. The first-order valence-electron chi connectivity index (χ1n) is 21.2. The standard InChI is InChI=1S/C59H41NO/c1-59(2)54-24-14-13-22-48(54)49-32-31-46(36-55(49)59)60(45-29-27-40(28-30-45)38-15-5-3-6-16-38)56-35-44(43-26-25-39-17-9-10-20-42(39)33-43)34-52-53-37-51(41-18-7-4-8-19-41)47-21-11-12-23-50(47)57(53)61-58(52)56/h3-37H,1-2H3. The average molecular weight is 780 g/mol. The van der Waals surface area contributed by atoms with Crippen molar-refractivity contribution in [3.8, 4) is 44.5 Å². The molecule has 0 unspecified atom stereocenters. The summed E-state index contributed by atoms with van der Waals surface area (Å²) in [6.45, 7) is 4.71. The molecule has 0 spiro atoms. The van der Waals surface area contributed by atoms with Gasteiger partial charge in [0.1, 0.15) is 5.58 Å². The van der Waals surface area contributed by atoms with Gasteiger partial charge in [0.15, 0.2) is 5.58 Å². The first-order valence-corrected chi connectivity index (χ1v) is 21.2. The third kappa shape index (κ3) is 5.64. The van der Waals surface area contributed by atoms with Crippen molar-refractivity contribution in [1.29, 1.82) is 0 Å². The van der Waals surface area contributed by atoms with Gasteiger partial charge in [0.05, 0.1) is 5.69 Å². The molecule has 2 nitrogen and oxygen atoms in total. The Labute approximate surface area is 355 Å². The maximum atomic E-state index is 7.31. The van der Waals surface area contributed by atoms with Crippen LogP contribution in [0.5, 0.6) is 0 Å². The maximum Gasteiger partial charge on any atom is 0.159 e. The predicted octanol–water partition coefficient (Wildman–Crippen LogP) is 16.7. The Kier molecular flexibility index (Phi) is 7.92. The number of hydrogen-bond donors (Lipinski definition) is 0. The fourth-order valence-corrected chi connectivity index (χ4v) is 9.93. The molecule has 0 saturated carbocycles. The molecule has 1 aliphatic rings. The van der Waals surface area contributed by atoms with Crippen molar-refractivity contribution in [2.45, 2.75) is 19.3 Å². The number of rotatable bonds is 6. The molecular formula is C59H41NO. The minimum atomic E-state index is -0.168. The molecule has 11 aromatic rings. The van der Waals surface area contributed by atoms with Crippen molar-refractivity contribution >= 4 is 60.5 Å². The molecule has 1 aliphatic carbocycles. The molecule has 1 heterocycles. The van der Waals surface area contributed by atoms with E-state index in [2.05, 4.69) is 231 Å². The van der Waals surface area contributed by atoms with Gasteiger partial charge in [-0.3, -0.25) is 0 Å². The normalized spacial score (nSPS) is 12.9. The predicted molar refractivity (Wildman–Crippen MR) is 257 cm³/mol. The van der Waals surface area contributed by atoms with Gasteiger partial charge in [-0.1, -0.05) is 178 Å². The summed E-state index contributed by atoms with van der Waals surface area (Å²) in [5.41, 5.74) is 17.0. The van der Waals surface area contributed by atoms with E-state index in [0.29, 0.717) is 0 Å². The van der Waals surface area contributed by atoms with E-state index in [4.69, 9.17) is 4.42 Å². The van der Waals surface area contributed by atoms with Crippen LogP contribution < -0.4 is 4.90 Å². The molecular weight excluding hydrogens is 739 g/mol. The van der Waals surface area contributed by atoms with Gasteiger partial charge in [0.25, 0.3) is 0 Å². The molecule has 288 valence electrons. The van der Waals surface area contributed by atoms with Crippen LogP contribution in [0, 0.1) is 0 Å². The van der Waals surface area contributed by atoms with Crippen LogP contribution in [0.15, 0.2) is 217 Å². The van der Waals surface area contributed by atoms with Crippen molar-refractivity contribution < 1.29 is 4.42 Å². The number of nitrogens with zero attached hydrogens (tertiary/aromatic N) is 1. The van der Waals surface area contributed by atoms with Crippen LogP contribution in [0.2, 0.25) is 0 Å². The van der Waals surface area contributed by atoms with E-state index in [1.54, 1.807) is 0 Å². The number of fused-ring (bicyclic) bond motifs is 9. The Bertz CT molecular complexity index is 3490. The molecule has 10 aromatic carbocycles. The Hall–Kier alpha value is -7.68. The summed E-state index contributed by atoms with van der Waals surface area (Å²) >= 11 is 0. The molecule has 0 N–H and O–H groups in total. The summed E-state index contributed by atoms with van der Waals surface area (Å²) in [6.07, 6.45) is 0. The van der Waals surface area contributed by atoms with Crippen molar-refractivity contribution in [2.24, 2.45) is 0 Å². The fraction of sp³-hybridized carbons (Fsp3) is 0.0508. The zero-order valence-electron chi connectivity index (χ0n) is 34.1. The van der Waals surface area contributed by atoms with Gasteiger partial charge in [-0.25, -0.2) is 0 Å². The highest BCUT2D eigenvalue weighted by Crippen LogP contribution is 2.52. The van der Waals surface area contributed by atoms with Crippen molar-refractivity contribution in [3.63, 3.8) is 0 Å². The molecule has 0 radical (unpaired) electrons. The second kappa shape index (κ2) is 13.7. The smallest absolute Gasteiger partial charge is 0.159 e. The van der Waals surface area contributed by atoms with Crippen LogP contribution >= 0.6 is 0 Å². The van der Waals surface area contributed by atoms with Crippen molar-refractivity contribution in [1.82, 2.24) is 0 Å². The summed E-state index contributed by atoms with van der Waals surface area (Å²) < 4.78 is 7.31. The highest BCUT2D eigenvalue weighted by molar-refractivity contribution is 6.21. The average Bonchev–Trinajstić information content (AvgIpc) is 3.81. The summed E-state index contributed by atoms with van der Waals surface area (Å²) in [7, 11) is 0. The number of furan rings is 1. The highest BCUT2D eigenvalue weighted by Gasteiger charge is 2.36. The Morgan fingerprint density at radius 1 is 0.344 bits per heavy atom. The molecule has 0 bridgehead atoms. The summed E-state index contributed by atoms with van der Waals surface area (Å²) in [5, 5.41) is 6.89. The first kappa shape index (κ1) is 35.3. The molecule has 1 aromatic heterocycles. The quantitative estimate of drug-likeness (QED) is 0.167. The van der Waals surface area contributed by atoms with Crippen LogP contribution in [0.1, 0.15) is 25.0 Å². The van der Waals surface area contributed by atoms with Crippen LogP contribution in [0.4, 0.5) is 17.1 Å². The van der Waals surface area contributed by atoms with Gasteiger partial charge in [-0.05, 0) is 120 Å². The lowest BCUT2D eigenvalue weighted by atomic mass is 9.82. The summed E-state index contributed by atoms with van der Waals surface area (Å²) in [5.74, 6) is 0. The van der Waals surface area contributed by atoms with Gasteiger partial charge in [0, 0.05) is 32.9 Å². The van der Waals surface area contributed by atoms with E-state index in [9.17, 15) is 0 Å². The van der Waals surface area contributed by atoms with E-state index in [0.717, 1.165) is 55.5 Å². The van der Waals surface area contributed by atoms with E-state index in [1.165, 1.54) is 60.7 Å². The molecule has 2 heteroatoms. The Morgan fingerprint density at radius 2 is 0.951 bits per heavy atom. The lowest BCUT2D eigenvalue weighted by molar-refractivity contribution is 0.660. The molecule has 0 atom stereocenters. The third-order valence-electron chi connectivity index (χ3n) is 13.0. The van der Waals surface area contributed by atoms with Crippen LogP contribution in [-0.4, -0.2) is 0 Å². The summed E-state index contributed by atoms with van der Waals surface area (Å²) in [6, 6.07) is 77.4. The van der Waals surface area contributed by atoms with Gasteiger partial charge < -0.3 is 9.32 Å².